The molecule has 1 unspecified atom stereocenters. The molecule has 0 amide bonds. The molecule has 1 aromatic carbocycles. The lowest BCUT2D eigenvalue weighted by molar-refractivity contribution is -0.393. The zero-order chi connectivity index (χ0) is 21.6. The largest absolute Gasteiger partial charge is 0.441 e. The van der Waals surface area contributed by atoms with Crippen LogP contribution in [-0.4, -0.2) is 34.5 Å². The standard InChI is InChI=1S/C15H17ClF3N3O6/c1-3-5-20(12(4-2)28-13(23)8-16)14-10(21(24)25)6-9(15(17,18)19)7-11(14)22(26)27/h6-7,12H,3-5,8H2,1-2H3. The summed E-state index contributed by atoms with van der Waals surface area (Å²) in [7, 11) is 0. The molecule has 0 heterocycles. The summed E-state index contributed by atoms with van der Waals surface area (Å²) in [6.45, 7) is 3.13. The summed E-state index contributed by atoms with van der Waals surface area (Å²) in [5, 5.41) is 22.9. The van der Waals surface area contributed by atoms with Gasteiger partial charge in [0.15, 0.2) is 11.9 Å². The number of nitro benzene ring substituents is 2. The number of carbonyl (C=O) groups excluding carboxylic acids is 1. The van der Waals surface area contributed by atoms with Crippen LogP contribution in [0.25, 0.3) is 0 Å². The molecular weight excluding hydrogens is 411 g/mol. The first-order valence-corrected chi connectivity index (χ1v) is 8.57. The van der Waals surface area contributed by atoms with Crippen LogP contribution < -0.4 is 4.90 Å². The van der Waals surface area contributed by atoms with E-state index < -0.39 is 56.7 Å². The van der Waals surface area contributed by atoms with Crippen molar-refractivity contribution in [2.24, 2.45) is 0 Å². The number of nitro groups is 2. The van der Waals surface area contributed by atoms with Crippen molar-refractivity contribution in [2.75, 3.05) is 17.3 Å². The maximum Gasteiger partial charge on any atom is 0.416 e. The van der Waals surface area contributed by atoms with E-state index in [1.54, 1.807) is 6.92 Å². The minimum atomic E-state index is -5.03. The van der Waals surface area contributed by atoms with Crippen molar-refractivity contribution >= 4 is 34.6 Å². The number of anilines is 1. The summed E-state index contributed by atoms with van der Waals surface area (Å²) in [5.41, 5.74) is -4.43. The molecule has 9 nitrogen and oxygen atoms in total. The molecule has 0 aromatic heterocycles. The second-order valence-corrected chi connectivity index (χ2v) is 5.82. The summed E-state index contributed by atoms with van der Waals surface area (Å²) in [6, 6.07) is 0.447. The molecular formula is C15H17ClF3N3O6. The van der Waals surface area contributed by atoms with Gasteiger partial charge in [0.25, 0.3) is 11.4 Å². The van der Waals surface area contributed by atoms with Gasteiger partial charge < -0.3 is 9.64 Å². The van der Waals surface area contributed by atoms with Crippen molar-refractivity contribution in [1.29, 1.82) is 0 Å². The van der Waals surface area contributed by atoms with E-state index in [-0.39, 0.29) is 25.1 Å². The Bertz CT molecular complexity index is 724. The predicted octanol–water partition coefficient (Wildman–Crippen LogP) is 4.26. The molecule has 0 saturated heterocycles. The van der Waals surface area contributed by atoms with Crippen LogP contribution in [-0.2, 0) is 15.7 Å². The molecule has 28 heavy (non-hydrogen) atoms. The lowest BCUT2D eigenvalue weighted by Gasteiger charge is -2.31. The van der Waals surface area contributed by atoms with E-state index in [9.17, 15) is 38.2 Å². The Balaban J connectivity index is 3.77. The van der Waals surface area contributed by atoms with E-state index in [2.05, 4.69) is 0 Å². The monoisotopic (exact) mass is 427 g/mol. The third-order valence-corrected chi connectivity index (χ3v) is 3.83. The van der Waals surface area contributed by atoms with Crippen LogP contribution in [0.1, 0.15) is 32.3 Å². The first-order valence-electron chi connectivity index (χ1n) is 8.03. The molecule has 1 aromatic rings. The number of alkyl halides is 4. The molecule has 0 aliphatic rings. The molecule has 0 N–H and O–H groups in total. The molecule has 156 valence electrons. The Morgan fingerprint density at radius 1 is 1.21 bits per heavy atom. The first kappa shape index (κ1) is 23.4. The Labute approximate surface area is 162 Å². The SMILES string of the molecule is CCCN(c1c([N+](=O)[O-])cc(C(F)(F)F)cc1[N+](=O)[O-])C(CC)OC(=O)CCl. The van der Waals surface area contributed by atoms with Crippen LogP contribution in [0.5, 0.6) is 0 Å². The van der Waals surface area contributed by atoms with E-state index in [4.69, 9.17) is 16.3 Å². The highest BCUT2D eigenvalue weighted by atomic mass is 35.5. The summed E-state index contributed by atoms with van der Waals surface area (Å²) in [5.74, 6) is -1.42. The Kier molecular flexibility index (Phi) is 7.97. The van der Waals surface area contributed by atoms with E-state index in [1.165, 1.54) is 6.92 Å². The van der Waals surface area contributed by atoms with E-state index in [0.29, 0.717) is 6.42 Å². The van der Waals surface area contributed by atoms with Crippen LogP contribution in [0.15, 0.2) is 12.1 Å². The van der Waals surface area contributed by atoms with Crippen molar-refractivity contribution in [2.45, 2.75) is 39.1 Å². The summed E-state index contributed by atoms with van der Waals surface area (Å²) < 4.78 is 44.2. The van der Waals surface area contributed by atoms with Gasteiger partial charge in [0.05, 0.1) is 15.4 Å². The van der Waals surface area contributed by atoms with Gasteiger partial charge in [0.1, 0.15) is 5.88 Å². The van der Waals surface area contributed by atoms with Crippen LogP contribution in [0.4, 0.5) is 30.2 Å². The van der Waals surface area contributed by atoms with E-state index in [1.807, 2.05) is 0 Å². The van der Waals surface area contributed by atoms with Gasteiger partial charge in [-0.1, -0.05) is 13.8 Å². The van der Waals surface area contributed by atoms with Crippen molar-refractivity contribution < 1.29 is 32.5 Å². The van der Waals surface area contributed by atoms with Gasteiger partial charge in [-0.2, -0.15) is 13.2 Å². The fourth-order valence-corrected chi connectivity index (χ4v) is 2.59. The molecule has 0 saturated carbocycles. The van der Waals surface area contributed by atoms with Gasteiger partial charge in [-0.05, 0) is 6.42 Å². The summed E-state index contributed by atoms with van der Waals surface area (Å²) in [4.78, 5) is 33.2. The number of ether oxygens (including phenoxy) is 1. The number of carbonyl (C=O) groups is 1. The van der Waals surface area contributed by atoms with Gasteiger partial charge >= 0.3 is 12.1 Å². The fraction of sp³-hybridized carbons (Fsp3) is 0.533. The number of benzene rings is 1. The van der Waals surface area contributed by atoms with Crippen LogP contribution in [0, 0.1) is 20.2 Å². The number of nitrogens with zero attached hydrogens (tertiary/aromatic N) is 3. The Morgan fingerprint density at radius 2 is 1.71 bits per heavy atom. The highest BCUT2D eigenvalue weighted by Gasteiger charge is 2.40. The van der Waals surface area contributed by atoms with Crippen LogP contribution >= 0.6 is 11.6 Å². The molecule has 1 atom stereocenters. The number of hydrogen-bond acceptors (Lipinski definition) is 7. The lowest BCUT2D eigenvalue weighted by Crippen LogP contribution is -2.40. The Morgan fingerprint density at radius 3 is 2.04 bits per heavy atom. The average Bonchev–Trinajstić information content (AvgIpc) is 2.62. The van der Waals surface area contributed by atoms with Crippen LogP contribution in [0.3, 0.4) is 0 Å². The number of hydrogen-bond donors (Lipinski definition) is 0. The second-order valence-electron chi connectivity index (χ2n) is 5.55. The maximum atomic E-state index is 13.1. The third-order valence-electron chi connectivity index (χ3n) is 3.62. The lowest BCUT2D eigenvalue weighted by atomic mass is 10.1. The number of esters is 1. The minimum absolute atomic E-state index is 0.0535. The van der Waals surface area contributed by atoms with Gasteiger partial charge in [-0.3, -0.25) is 25.0 Å². The van der Waals surface area contributed by atoms with Gasteiger partial charge in [0.2, 0.25) is 0 Å². The van der Waals surface area contributed by atoms with Crippen molar-refractivity contribution in [1.82, 2.24) is 0 Å². The molecule has 13 heteroatoms. The number of halogens is 4. The smallest absolute Gasteiger partial charge is 0.416 e. The molecule has 0 aliphatic heterocycles. The highest BCUT2D eigenvalue weighted by Crippen LogP contribution is 2.44. The molecule has 1 rings (SSSR count). The molecule has 0 radical (unpaired) electrons. The number of rotatable bonds is 9. The average molecular weight is 428 g/mol. The first-order chi connectivity index (χ1) is 13.0. The summed E-state index contributed by atoms with van der Waals surface area (Å²) >= 11 is 5.38. The molecule has 0 spiro atoms. The predicted molar refractivity (Wildman–Crippen MR) is 93.3 cm³/mol. The normalized spacial score (nSPS) is 12.4. The van der Waals surface area contributed by atoms with Crippen LogP contribution in [0.2, 0.25) is 0 Å². The minimum Gasteiger partial charge on any atom is -0.441 e. The highest BCUT2D eigenvalue weighted by molar-refractivity contribution is 6.26. The second kappa shape index (κ2) is 9.53. The quantitative estimate of drug-likeness (QED) is 0.190. The van der Waals surface area contributed by atoms with Gasteiger partial charge in [-0.15, -0.1) is 11.6 Å². The topological polar surface area (TPSA) is 116 Å². The Hall–Kier alpha value is -2.63. The fourth-order valence-electron chi connectivity index (χ4n) is 2.53. The zero-order valence-electron chi connectivity index (χ0n) is 14.9. The zero-order valence-corrected chi connectivity index (χ0v) is 15.6. The van der Waals surface area contributed by atoms with Crippen molar-refractivity contribution in [3.8, 4) is 0 Å². The third kappa shape index (κ3) is 5.44. The maximum absolute atomic E-state index is 13.1. The van der Waals surface area contributed by atoms with Gasteiger partial charge in [-0.25, -0.2) is 0 Å². The van der Waals surface area contributed by atoms with Crippen molar-refractivity contribution in [3.63, 3.8) is 0 Å². The van der Waals surface area contributed by atoms with E-state index >= 15 is 0 Å². The van der Waals surface area contributed by atoms with E-state index in [0.717, 1.165) is 4.90 Å². The summed E-state index contributed by atoms with van der Waals surface area (Å²) in [6.07, 6.45) is -5.86. The molecule has 0 fully saturated rings. The van der Waals surface area contributed by atoms with Gasteiger partial charge in [0, 0.05) is 25.1 Å². The molecule has 0 bridgehead atoms. The molecule has 0 aliphatic carbocycles. The van der Waals surface area contributed by atoms with Crippen molar-refractivity contribution in [3.05, 3.63) is 37.9 Å².